The smallest absolute Gasteiger partial charge is 0.124 e. The fourth-order valence-electron chi connectivity index (χ4n) is 1.88. The molecule has 0 aromatic heterocycles. The molecule has 0 spiro atoms. The molecule has 0 saturated carbocycles. The van der Waals surface area contributed by atoms with E-state index in [0.717, 1.165) is 24.3 Å². The minimum absolute atomic E-state index is 0.0336. The Labute approximate surface area is 105 Å². The Kier molecular flexibility index (Phi) is 6.71. The van der Waals surface area contributed by atoms with Gasteiger partial charge in [-0.25, -0.2) is 0 Å². The molecule has 1 aromatic rings. The Bertz CT molecular complexity index is 310. The summed E-state index contributed by atoms with van der Waals surface area (Å²) in [5, 5.41) is 0. The molecule has 0 amide bonds. The van der Waals surface area contributed by atoms with Gasteiger partial charge < -0.3 is 10.5 Å². The molecule has 0 heterocycles. The van der Waals surface area contributed by atoms with Crippen molar-refractivity contribution in [1.29, 1.82) is 0 Å². The number of hydrogen-bond donors (Lipinski definition) is 1. The van der Waals surface area contributed by atoms with Gasteiger partial charge in [0, 0.05) is 11.6 Å². The number of ether oxygens (including phenoxy) is 1. The second-order valence-corrected chi connectivity index (χ2v) is 4.59. The summed E-state index contributed by atoms with van der Waals surface area (Å²) in [5.41, 5.74) is 7.00. The minimum Gasteiger partial charge on any atom is -0.493 e. The van der Waals surface area contributed by atoms with Crippen LogP contribution in [0.3, 0.4) is 0 Å². The van der Waals surface area contributed by atoms with Crippen molar-refractivity contribution >= 4 is 0 Å². The summed E-state index contributed by atoms with van der Waals surface area (Å²) in [6.07, 6.45) is 6.32. The summed E-state index contributed by atoms with van der Waals surface area (Å²) < 4.78 is 5.80. The Morgan fingerprint density at radius 2 is 1.82 bits per heavy atom. The van der Waals surface area contributed by atoms with Gasteiger partial charge in [-0.2, -0.15) is 0 Å². The van der Waals surface area contributed by atoms with Crippen molar-refractivity contribution in [2.75, 3.05) is 6.61 Å². The zero-order valence-electron chi connectivity index (χ0n) is 11.1. The number of unbranched alkanes of at least 4 members (excludes halogenated alkanes) is 4. The molecule has 0 aliphatic heterocycles. The van der Waals surface area contributed by atoms with E-state index in [9.17, 15) is 0 Å². The van der Waals surface area contributed by atoms with Gasteiger partial charge in [0.1, 0.15) is 5.75 Å². The first-order valence-electron chi connectivity index (χ1n) is 6.73. The minimum atomic E-state index is 0.0336. The van der Waals surface area contributed by atoms with E-state index >= 15 is 0 Å². The van der Waals surface area contributed by atoms with Crippen LogP contribution in [0.1, 0.15) is 57.6 Å². The molecule has 96 valence electrons. The molecule has 2 heteroatoms. The van der Waals surface area contributed by atoms with Crippen molar-refractivity contribution in [3.05, 3.63) is 29.8 Å². The second kappa shape index (κ2) is 8.13. The molecule has 1 atom stereocenters. The lowest BCUT2D eigenvalue weighted by Crippen LogP contribution is -2.08. The first-order valence-corrected chi connectivity index (χ1v) is 6.73. The fourth-order valence-corrected chi connectivity index (χ4v) is 1.88. The summed E-state index contributed by atoms with van der Waals surface area (Å²) in [7, 11) is 0. The van der Waals surface area contributed by atoms with Crippen LogP contribution in [0.2, 0.25) is 0 Å². The molecular weight excluding hydrogens is 210 g/mol. The van der Waals surface area contributed by atoms with Crippen molar-refractivity contribution in [2.45, 2.75) is 52.0 Å². The molecule has 1 aromatic carbocycles. The van der Waals surface area contributed by atoms with Crippen molar-refractivity contribution in [3.63, 3.8) is 0 Å². The zero-order valence-corrected chi connectivity index (χ0v) is 11.1. The van der Waals surface area contributed by atoms with Crippen LogP contribution >= 0.6 is 0 Å². The van der Waals surface area contributed by atoms with E-state index in [-0.39, 0.29) is 6.04 Å². The third-order valence-corrected chi connectivity index (χ3v) is 2.92. The SMILES string of the molecule is CCCCCCCOc1ccccc1[C@@H](C)N. The van der Waals surface area contributed by atoms with E-state index < -0.39 is 0 Å². The van der Waals surface area contributed by atoms with Gasteiger partial charge in [-0.1, -0.05) is 50.8 Å². The van der Waals surface area contributed by atoms with Gasteiger partial charge in [0.05, 0.1) is 6.61 Å². The van der Waals surface area contributed by atoms with E-state index in [1.54, 1.807) is 0 Å². The standard InChI is InChI=1S/C15H25NO/c1-3-4-5-6-9-12-17-15-11-8-7-10-14(15)13(2)16/h7-8,10-11,13H,3-6,9,12,16H2,1-2H3/t13-/m1/s1. The summed E-state index contributed by atoms with van der Waals surface area (Å²) >= 11 is 0. The molecule has 2 N–H and O–H groups in total. The summed E-state index contributed by atoms with van der Waals surface area (Å²) in [6, 6.07) is 8.08. The van der Waals surface area contributed by atoms with Crippen LogP contribution in [0, 0.1) is 0 Å². The van der Waals surface area contributed by atoms with E-state index in [2.05, 4.69) is 6.92 Å². The van der Waals surface area contributed by atoms with Gasteiger partial charge in [-0.15, -0.1) is 0 Å². The normalized spacial score (nSPS) is 12.4. The van der Waals surface area contributed by atoms with Gasteiger partial charge in [0.25, 0.3) is 0 Å². The summed E-state index contributed by atoms with van der Waals surface area (Å²) in [5.74, 6) is 0.943. The maximum absolute atomic E-state index is 5.90. The molecule has 0 unspecified atom stereocenters. The van der Waals surface area contributed by atoms with Crippen LogP contribution in [0.25, 0.3) is 0 Å². The Morgan fingerprint density at radius 1 is 1.12 bits per heavy atom. The van der Waals surface area contributed by atoms with Gasteiger partial charge in [-0.05, 0) is 19.4 Å². The molecule has 17 heavy (non-hydrogen) atoms. The number of nitrogens with two attached hydrogens (primary N) is 1. The molecule has 0 aliphatic carbocycles. The quantitative estimate of drug-likeness (QED) is 0.690. The third kappa shape index (κ3) is 5.22. The highest BCUT2D eigenvalue weighted by Gasteiger charge is 2.06. The van der Waals surface area contributed by atoms with Crippen molar-refractivity contribution in [1.82, 2.24) is 0 Å². The largest absolute Gasteiger partial charge is 0.493 e. The second-order valence-electron chi connectivity index (χ2n) is 4.59. The lowest BCUT2D eigenvalue weighted by molar-refractivity contribution is 0.300. The van der Waals surface area contributed by atoms with Crippen molar-refractivity contribution in [2.24, 2.45) is 5.73 Å². The fraction of sp³-hybridized carbons (Fsp3) is 0.600. The molecule has 0 saturated heterocycles. The van der Waals surface area contributed by atoms with Gasteiger partial charge in [-0.3, -0.25) is 0 Å². The van der Waals surface area contributed by atoms with Gasteiger partial charge in [0.15, 0.2) is 0 Å². The maximum atomic E-state index is 5.90. The number of rotatable bonds is 8. The van der Waals surface area contributed by atoms with Crippen molar-refractivity contribution in [3.8, 4) is 5.75 Å². The van der Waals surface area contributed by atoms with Crippen molar-refractivity contribution < 1.29 is 4.74 Å². The highest BCUT2D eigenvalue weighted by Crippen LogP contribution is 2.23. The molecule has 2 nitrogen and oxygen atoms in total. The Morgan fingerprint density at radius 3 is 2.53 bits per heavy atom. The third-order valence-electron chi connectivity index (χ3n) is 2.92. The Balaban J connectivity index is 2.31. The maximum Gasteiger partial charge on any atom is 0.124 e. The van der Waals surface area contributed by atoms with Gasteiger partial charge >= 0.3 is 0 Å². The van der Waals surface area contributed by atoms with E-state index in [0.29, 0.717) is 0 Å². The molecule has 0 fully saturated rings. The van der Waals surface area contributed by atoms with Crippen LogP contribution in [0.5, 0.6) is 5.75 Å². The average molecular weight is 235 g/mol. The van der Waals surface area contributed by atoms with Crippen LogP contribution in [0.4, 0.5) is 0 Å². The molecule has 0 aliphatic rings. The lowest BCUT2D eigenvalue weighted by atomic mass is 10.1. The molecular formula is C15H25NO. The monoisotopic (exact) mass is 235 g/mol. The molecule has 0 radical (unpaired) electrons. The predicted molar refractivity (Wildman–Crippen MR) is 73.3 cm³/mol. The van der Waals surface area contributed by atoms with Crippen LogP contribution in [-0.4, -0.2) is 6.61 Å². The van der Waals surface area contributed by atoms with E-state index in [1.807, 2.05) is 31.2 Å². The van der Waals surface area contributed by atoms with Crippen LogP contribution < -0.4 is 10.5 Å². The van der Waals surface area contributed by atoms with E-state index in [1.165, 1.54) is 25.7 Å². The topological polar surface area (TPSA) is 35.2 Å². The van der Waals surface area contributed by atoms with Crippen LogP contribution in [0.15, 0.2) is 24.3 Å². The summed E-state index contributed by atoms with van der Waals surface area (Å²) in [6.45, 7) is 5.02. The highest BCUT2D eigenvalue weighted by molar-refractivity contribution is 5.35. The lowest BCUT2D eigenvalue weighted by Gasteiger charge is -2.13. The van der Waals surface area contributed by atoms with Crippen LogP contribution in [-0.2, 0) is 0 Å². The number of para-hydroxylation sites is 1. The molecule has 0 bridgehead atoms. The zero-order chi connectivity index (χ0) is 12.5. The Hall–Kier alpha value is -1.02. The van der Waals surface area contributed by atoms with Gasteiger partial charge in [0.2, 0.25) is 0 Å². The predicted octanol–water partition coefficient (Wildman–Crippen LogP) is 4.06. The number of benzene rings is 1. The number of hydrogen-bond acceptors (Lipinski definition) is 2. The molecule has 1 rings (SSSR count). The highest BCUT2D eigenvalue weighted by atomic mass is 16.5. The first kappa shape index (κ1) is 14.0. The van der Waals surface area contributed by atoms with E-state index in [4.69, 9.17) is 10.5 Å². The average Bonchev–Trinajstić information content (AvgIpc) is 2.34. The summed E-state index contributed by atoms with van der Waals surface area (Å²) in [4.78, 5) is 0. The first-order chi connectivity index (χ1) is 8.25.